The molecule has 2 aromatic carbocycles. The highest BCUT2D eigenvalue weighted by molar-refractivity contribution is 6.34. The summed E-state index contributed by atoms with van der Waals surface area (Å²) in [6.07, 6.45) is 2.01. The zero-order valence-corrected chi connectivity index (χ0v) is 13.3. The normalized spacial score (nSPS) is 15.8. The number of benzene rings is 2. The van der Waals surface area contributed by atoms with Gasteiger partial charge < -0.3 is 15.4 Å². The highest BCUT2D eigenvalue weighted by atomic mass is 35.5. The number of nitrogens with zero attached hydrogens (tertiary/aromatic N) is 1. The number of hydrogen-bond donors (Lipinski definition) is 1. The molecule has 116 valence electrons. The summed E-state index contributed by atoms with van der Waals surface area (Å²) in [7, 11) is 0. The smallest absolute Gasteiger partial charge is 0.140 e. The number of halogens is 1. The Morgan fingerprint density at radius 1 is 1.05 bits per heavy atom. The maximum atomic E-state index is 6.55. The molecule has 0 amide bonds. The van der Waals surface area contributed by atoms with Gasteiger partial charge in [0.25, 0.3) is 0 Å². The molecule has 2 N–H and O–H groups in total. The van der Waals surface area contributed by atoms with E-state index in [1.54, 1.807) is 0 Å². The van der Waals surface area contributed by atoms with E-state index in [1.165, 1.54) is 0 Å². The van der Waals surface area contributed by atoms with Gasteiger partial charge in [-0.15, -0.1) is 0 Å². The van der Waals surface area contributed by atoms with E-state index in [4.69, 9.17) is 22.1 Å². The van der Waals surface area contributed by atoms with Gasteiger partial charge in [0.1, 0.15) is 17.4 Å². The molecule has 0 aromatic heterocycles. The Kier molecular flexibility index (Phi) is 4.86. The fourth-order valence-corrected chi connectivity index (χ4v) is 3.03. The van der Waals surface area contributed by atoms with E-state index in [-0.39, 0.29) is 0 Å². The van der Waals surface area contributed by atoms with Crippen LogP contribution < -0.4 is 15.4 Å². The van der Waals surface area contributed by atoms with Gasteiger partial charge in [-0.1, -0.05) is 48.0 Å². The number of nitrogens with two attached hydrogens (primary N) is 1. The summed E-state index contributed by atoms with van der Waals surface area (Å²) in [5.74, 6) is 0.734. The van der Waals surface area contributed by atoms with Crippen molar-refractivity contribution in [3.63, 3.8) is 0 Å². The fourth-order valence-electron chi connectivity index (χ4n) is 2.73. The summed E-state index contributed by atoms with van der Waals surface area (Å²) in [5, 5.41) is 0.689. The summed E-state index contributed by atoms with van der Waals surface area (Å²) in [4.78, 5) is 2.29. The predicted octanol–water partition coefficient (Wildman–Crippen LogP) is 3.85. The van der Waals surface area contributed by atoms with Crippen molar-refractivity contribution in [1.29, 1.82) is 0 Å². The van der Waals surface area contributed by atoms with Crippen LogP contribution in [0, 0.1) is 0 Å². The van der Waals surface area contributed by atoms with Crippen LogP contribution in [0.3, 0.4) is 0 Å². The van der Waals surface area contributed by atoms with Crippen LogP contribution in [0.2, 0.25) is 5.02 Å². The van der Waals surface area contributed by atoms with Crippen molar-refractivity contribution in [2.75, 3.05) is 18.0 Å². The topological polar surface area (TPSA) is 38.5 Å². The molecule has 1 saturated heterocycles. The SMILES string of the molecule is NC1CCN(c2cccc(OCc3ccccc3)c2Cl)CC1. The van der Waals surface area contributed by atoms with Crippen molar-refractivity contribution in [2.45, 2.75) is 25.5 Å². The largest absolute Gasteiger partial charge is 0.487 e. The third-order valence-electron chi connectivity index (χ3n) is 4.06. The van der Waals surface area contributed by atoms with Crippen molar-refractivity contribution in [3.8, 4) is 5.75 Å². The molecule has 3 nitrogen and oxygen atoms in total. The van der Waals surface area contributed by atoms with Crippen LogP contribution in [0.15, 0.2) is 48.5 Å². The second-order valence-corrected chi connectivity index (χ2v) is 6.07. The molecule has 1 aliphatic heterocycles. The molecule has 0 saturated carbocycles. The molecule has 4 heteroatoms. The van der Waals surface area contributed by atoms with Crippen LogP contribution in [0.5, 0.6) is 5.75 Å². The van der Waals surface area contributed by atoms with Gasteiger partial charge in [-0.2, -0.15) is 0 Å². The molecule has 1 aliphatic rings. The molecule has 22 heavy (non-hydrogen) atoms. The quantitative estimate of drug-likeness (QED) is 0.931. The molecule has 0 bridgehead atoms. The number of ether oxygens (including phenoxy) is 1. The molecule has 0 atom stereocenters. The monoisotopic (exact) mass is 316 g/mol. The third-order valence-corrected chi connectivity index (χ3v) is 4.44. The molecular formula is C18H21ClN2O. The van der Waals surface area contributed by atoms with Crippen LogP contribution in [-0.4, -0.2) is 19.1 Å². The maximum absolute atomic E-state index is 6.55. The number of piperidine rings is 1. The second-order valence-electron chi connectivity index (χ2n) is 5.69. The molecule has 0 unspecified atom stereocenters. The van der Waals surface area contributed by atoms with Crippen molar-refractivity contribution in [2.24, 2.45) is 5.73 Å². The Morgan fingerprint density at radius 3 is 2.50 bits per heavy atom. The minimum absolute atomic E-state index is 0.313. The molecule has 1 fully saturated rings. The zero-order chi connectivity index (χ0) is 15.4. The molecule has 0 aliphatic carbocycles. The zero-order valence-electron chi connectivity index (χ0n) is 12.5. The van der Waals surface area contributed by atoms with Crippen molar-refractivity contribution < 1.29 is 4.74 Å². The van der Waals surface area contributed by atoms with E-state index >= 15 is 0 Å². The fraction of sp³-hybridized carbons (Fsp3) is 0.333. The molecule has 2 aromatic rings. The molecule has 0 radical (unpaired) electrons. The first-order valence-electron chi connectivity index (χ1n) is 7.70. The molecule has 3 rings (SSSR count). The maximum Gasteiger partial charge on any atom is 0.140 e. The van der Waals surface area contributed by atoms with E-state index < -0.39 is 0 Å². The first-order valence-corrected chi connectivity index (χ1v) is 8.07. The summed E-state index contributed by atoms with van der Waals surface area (Å²) in [5.41, 5.74) is 8.14. The van der Waals surface area contributed by atoms with Gasteiger partial charge in [-0.25, -0.2) is 0 Å². The lowest BCUT2D eigenvalue weighted by Crippen LogP contribution is -2.39. The van der Waals surface area contributed by atoms with Gasteiger partial charge in [0, 0.05) is 19.1 Å². The Hall–Kier alpha value is -1.71. The Bertz CT molecular complexity index is 610. The first-order chi connectivity index (χ1) is 10.7. The standard InChI is InChI=1S/C18H21ClN2O/c19-18-16(21-11-9-15(20)10-12-21)7-4-8-17(18)22-13-14-5-2-1-3-6-14/h1-8,15H,9-13,20H2. The molecule has 1 heterocycles. The predicted molar refractivity (Wildman–Crippen MR) is 91.6 cm³/mol. The van der Waals surface area contributed by atoms with E-state index in [9.17, 15) is 0 Å². The Labute approximate surface area is 136 Å². The van der Waals surface area contributed by atoms with E-state index in [1.807, 2.05) is 42.5 Å². The van der Waals surface area contributed by atoms with Crippen molar-refractivity contribution >= 4 is 17.3 Å². The van der Waals surface area contributed by atoms with E-state index in [0.29, 0.717) is 17.7 Å². The van der Waals surface area contributed by atoms with Gasteiger partial charge in [0.2, 0.25) is 0 Å². The van der Waals surface area contributed by atoms with Crippen LogP contribution in [0.1, 0.15) is 18.4 Å². The second kappa shape index (κ2) is 7.03. The third kappa shape index (κ3) is 3.54. The average Bonchev–Trinajstić information content (AvgIpc) is 2.56. The Morgan fingerprint density at radius 2 is 1.77 bits per heavy atom. The molecular weight excluding hydrogens is 296 g/mol. The summed E-state index contributed by atoms with van der Waals surface area (Å²) in [6, 6.07) is 16.4. The van der Waals surface area contributed by atoms with Gasteiger partial charge in [-0.3, -0.25) is 0 Å². The highest BCUT2D eigenvalue weighted by Crippen LogP contribution is 2.36. The molecule has 0 spiro atoms. The number of rotatable bonds is 4. The van der Waals surface area contributed by atoms with Gasteiger partial charge in [-0.05, 0) is 30.5 Å². The van der Waals surface area contributed by atoms with E-state index in [2.05, 4.69) is 11.0 Å². The van der Waals surface area contributed by atoms with Crippen LogP contribution in [0.25, 0.3) is 0 Å². The van der Waals surface area contributed by atoms with Crippen LogP contribution in [0.4, 0.5) is 5.69 Å². The Balaban J connectivity index is 1.71. The lowest BCUT2D eigenvalue weighted by Gasteiger charge is -2.32. The number of hydrogen-bond acceptors (Lipinski definition) is 3. The summed E-state index contributed by atoms with van der Waals surface area (Å²) in [6.45, 7) is 2.42. The highest BCUT2D eigenvalue weighted by Gasteiger charge is 2.19. The lowest BCUT2D eigenvalue weighted by molar-refractivity contribution is 0.306. The lowest BCUT2D eigenvalue weighted by atomic mass is 10.1. The minimum Gasteiger partial charge on any atom is -0.487 e. The van der Waals surface area contributed by atoms with Crippen molar-refractivity contribution in [1.82, 2.24) is 0 Å². The average molecular weight is 317 g/mol. The van der Waals surface area contributed by atoms with E-state index in [0.717, 1.165) is 42.9 Å². The van der Waals surface area contributed by atoms with Crippen LogP contribution in [-0.2, 0) is 6.61 Å². The van der Waals surface area contributed by atoms with Gasteiger partial charge >= 0.3 is 0 Å². The van der Waals surface area contributed by atoms with Crippen molar-refractivity contribution in [3.05, 3.63) is 59.1 Å². The number of anilines is 1. The first kappa shape index (κ1) is 15.2. The van der Waals surface area contributed by atoms with Gasteiger partial charge in [0.05, 0.1) is 5.69 Å². The van der Waals surface area contributed by atoms with Gasteiger partial charge in [0.15, 0.2) is 0 Å². The minimum atomic E-state index is 0.313. The summed E-state index contributed by atoms with van der Waals surface area (Å²) < 4.78 is 5.89. The summed E-state index contributed by atoms with van der Waals surface area (Å²) >= 11 is 6.55. The van der Waals surface area contributed by atoms with Crippen LogP contribution >= 0.6 is 11.6 Å².